The number of nitrogens with zero attached hydrogens (tertiary/aromatic N) is 1. The van der Waals surface area contributed by atoms with E-state index in [2.05, 4.69) is 11.9 Å². The fourth-order valence-corrected chi connectivity index (χ4v) is 3.15. The number of carbonyl (C=O) groups is 1. The third-order valence-electron chi connectivity index (χ3n) is 4.52. The highest BCUT2D eigenvalue weighted by Gasteiger charge is 2.26. The van der Waals surface area contributed by atoms with Gasteiger partial charge in [-0.3, -0.25) is 9.69 Å². The summed E-state index contributed by atoms with van der Waals surface area (Å²) in [5.41, 5.74) is 0.752. The van der Waals surface area contributed by atoms with Gasteiger partial charge >= 0.3 is 0 Å². The van der Waals surface area contributed by atoms with E-state index in [1.165, 1.54) is 38.5 Å². The number of ketones is 1. The summed E-state index contributed by atoms with van der Waals surface area (Å²) in [4.78, 5) is 14.8. The summed E-state index contributed by atoms with van der Waals surface area (Å²) in [6.07, 6.45) is 7.69. The zero-order chi connectivity index (χ0) is 14.5. The maximum atomic E-state index is 12.5. The lowest BCUT2D eigenvalue weighted by atomic mass is 10.0. The van der Waals surface area contributed by atoms with Crippen LogP contribution in [0.25, 0.3) is 0 Å². The van der Waals surface area contributed by atoms with Crippen LogP contribution in [0.2, 0.25) is 5.02 Å². The molecule has 1 aliphatic carbocycles. The molecule has 2 nitrogen and oxygen atoms in total. The Hall–Kier alpha value is -0.860. The molecule has 1 saturated carbocycles. The van der Waals surface area contributed by atoms with Gasteiger partial charge in [0, 0.05) is 16.6 Å². The zero-order valence-corrected chi connectivity index (χ0v) is 13.2. The first kappa shape index (κ1) is 15.5. The average Bonchev–Trinajstić information content (AvgIpc) is 2.75. The van der Waals surface area contributed by atoms with E-state index in [1.54, 1.807) is 12.1 Å². The molecule has 1 aliphatic rings. The Balaban J connectivity index is 2.03. The molecular formula is C17H24ClNO. The smallest absolute Gasteiger partial charge is 0.179 e. The van der Waals surface area contributed by atoms with Crippen LogP contribution in [-0.4, -0.2) is 29.8 Å². The molecule has 0 spiro atoms. The normalized spacial score (nSPS) is 18.8. The highest BCUT2D eigenvalue weighted by molar-refractivity contribution is 6.30. The van der Waals surface area contributed by atoms with Gasteiger partial charge in [0.1, 0.15) is 0 Å². The van der Waals surface area contributed by atoms with Crippen molar-refractivity contribution in [3.63, 3.8) is 0 Å². The predicted molar refractivity (Wildman–Crippen MR) is 84.5 cm³/mol. The van der Waals surface area contributed by atoms with Crippen LogP contribution in [0.15, 0.2) is 24.3 Å². The van der Waals surface area contributed by atoms with Gasteiger partial charge in [-0.1, -0.05) is 37.3 Å². The Morgan fingerprint density at radius 3 is 2.25 bits per heavy atom. The van der Waals surface area contributed by atoms with Crippen LogP contribution < -0.4 is 0 Å². The lowest BCUT2D eigenvalue weighted by Crippen LogP contribution is -2.42. The number of carbonyl (C=O) groups excluding carboxylic acids is 1. The third kappa shape index (κ3) is 3.83. The molecule has 0 N–H and O–H groups in total. The lowest BCUT2D eigenvalue weighted by molar-refractivity contribution is 0.0802. The van der Waals surface area contributed by atoms with Crippen LogP contribution in [0, 0.1) is 0 Å². The average molecular weight is 294 g/mol. The van der Waals surface area contributed by atoms with Gasteiger partial charge in [0.15, 0.2) is 5.78 Å². The molecule has 1 aromatic rings. The Morgan fingerprint density at radius 2 is 1.70 bits per heavy atom. The van der Waals surface area contributed by atoms with Crippen LogP contribution in [0.1, 0.15) is 55.8 Å². The van der Waals surface area contributed by atoms with E-state index >= 15 is 0 Å². The topological polar surface area (TPSA) is 20.3 Å². The highest BCUT2D eigenvalue weighted by Crippen LogP contribution is 2.23. The Bertz CT molecular complexity index is 435. The number of Topliss-reactive ketones (excluding diaryl/α,β-unsaturated/α-hetero) is 1. The molecule has 0 amide bonds. The lowest BCUT2D eigenvalue weighted by Gasteiger charge is -2.31. The summed E-state index contributed by atoms with van der Waals surface area (Å²) in [7, 11) is 2.09. The Morgan fingerprint density at radius 1 is 1.15 bits per heavy atom. The summed E-state index contributed by atoms with van der Waals surface area (Å²) < 4.78 is 0. The SMILES string of the molecule is CC(C(=O)c1ccc(Cl)cc1)N(C)C1CCCCCC1. The number of halogens is 1. The molecule has 3 heteroatoms. The van der Waals surface area contributed by atoms with E-state index in [-0.39, 0.29) is 11.8 Å². The largest absolute Gasteiger partial charge is 0.294 e. The molecule has 20 heavy (non-hydrogen) atoms. The second-order valence-electron chi connectivity index (χ2n) is 5.86. The fraction of sp³-hybridized carbons (Fsp3) is 0.588. The van der Waals surface area contributed by atoms with Crippen molar-refractivity contribution in [2.45, 2.75) is 57.5 Å². The third-order valence-corrected chi connectivity index (χ3v) is 4.77. The molecule has 0 aromatic heterocycles. The van der Waals surface area contributed by atoms with Crippen molar-refractivity contribution in [3.05, 3.63) is 34.9 Å². The van der Waals surface area contributed by atoms with Crippen LogP contribution in [-0.2, 0) is 0 Å². The van der Waals surface area contributed by atoms with E-state index < -0.39 is 0 Å². The molecule has 0 heterocycles. The molecule has 1 atom stereocenters. The van der Waals surface area contributed by atoms with Crippen molar-refractivity contribution in [2.24, 2.45) is 0 Å². The molecule has 2 rings (SSSR count). The number of rotatable bonds is 4. The van der Waals surface area contributed by atoms with E-state index in [4.69, 9.17) is 11.6 Å². The molecule has 0 radical (unpaired) electrons. The maximum Gasteiger partial charge on any atom is 0.179 e. The highest BCUT2D eigenvalue weighted by atomic mass is 35.5. The second-order valence-corrected chi connectivity index (χ2v) is 6.29. The summed E-state index contributed by atoms with van der Waals surface area (Å²) in [5.74, 6) is 0.188. The van der Waals surface area contributed by atoms with Crippen molar-refractivity contribution < 1.29 is 4.79 Å². The Kier molecular flexibility index (Phi) is 5.62. The van der Waals surface area contributed by atoms with Gasteiger partial charge in [0.25, 0.3) is 0 Å². The van der Waals surface area contributed by atoms with E-state index in [0.29, 0.717) is 11.1 Å². The summed E-state index contributed by atoms with van der Waals surface area (Å²) in [6, 6.07) is 7.69. The molecule has 1 fully saturated rings. The maximum absolute atomic E-state index is 12.5. The van der Waals surface area contributed by atoms with Gasteiger partial charge in [0.05, 0.1) is 6.04 Å². The minimum absolute atomic E-state index is 0.0701. The number of hydrogen-bond donors (Lipinski definition) is 0. The van der Waals surface area contributed by atoms with Crippen LogP contribution in [0.4, 0.5) is 0 Å². The molecule has 0 saturated heterocycles. The summed E-state index contributed by atoms with van der Waals surface area (Å²) in [6.45, 7) is 2.02. The van der Waals surface area contributed by atoms with Crippen molar-refractivity contribution in [1.29, 1.82) is 0 Å². The zero-order valence-electron chi connectivity index (χ0n) is 12.4. The molecule has 0 aliphatic heterocycles. The van der Waals surface area contributed by atoms with E-state index in [0.717, 1.165) is 5.56 Å². The molecule has 1 unspecified atom stereocenters. The summed E-state index contributed by atoms with van der Waals surface area (Å²) in [5, 5.41) is 0.673. The number of likely N-dealkylation sites (N-methyl/N-ethyl adjacent to an activating group) is 1. The molecule has 1 aromatic carbocycles. The van der Waals surface area contributed by atoms with Crippen molar-refractivity contribution in [1.82, 2.24) is 4.90 Å². The van der Waals surface area contributed by atoms with E-state index in [9.17, 15) is 4.79 Å². The molecular weight excluding hydrogens is 270 g/mol. The quantitative estimate of drug-likeness (QED) is 0.599. The summed E-state index contributed by atoms with van der Waals surface area (Å²) >= 11 is 5.88. The fourth-order valence-electron chi connectivity index (χ4n) is 3.02. The van der Waals surface area contributed by atoms with Gasteiger partial charge in [-0.2, -0.15) is 0 Å². The van der Waals surface area contributed by atoms with Gasteiger partial charge in [0.2, 0.25) is 0 Å². The standard InChI is InChI=1S/C17H24ClNO/c1-13(17(20)14-9-11-15(18)12-10-14)19(2)16-7-5-3-4-6-8-16/h9-13,16H,3-8H2,1-2H3. The van der Waals surface area contributed by atoms with Gasteiger partial charge < -0.3 is 0 Å². The van der Waals surface area contributed by atoms with Crippen LogP contribution in [0.5, 0.6) is 0 Å². The van der Waals surface area contributed by atoms with Gasteiger partial charge in [-0.25, -0.2) is 0 Å². The first-order chi connectivity index (χ1) is 9.59. The van der Waals surface area contributed by atoms with E-state index in [1.807, 2.05) is 19.1 Å². The number of benzene rings is 1. The monoisotopic (exact) mass is 293 g/mol. The minimum Gasteiger partial charge on any atom is -0.294 e. The van der Waals surface area contributed by atoms with Crippen molar-refractivity contribution in [3.8, 4) is 0 Å². The first-order valence-electron chi connectivity index (χ1n) is 7.61. The number of hydrogen-bond acceptors (Lipinski definition) is 2. The van der Waals surface area contributed by atoms with Gasteiger partial charge in [-0.15, -0.1) is 0 Å². The second kappa shape index (κ2) is 7.24. The van der Waals surface area contributed by atoms with Crippen LogP contribution >= 0.6 is 11.6 Å². The van der Waals surface area contributed by atoms with Crippen molar-refractivity contribution >= 4 is 17.4 Å². The Labute approximate surface area is 127 Å². The van der Waals surface area contributed by atoms with Gasteiger partial charge in [-0.05, 0) is 51.1 Å². The molecule has 0 bridgehead atoms. The first-order valence-corrected chi connectivity index (χ1v) is 7.99. The molecule has 110 valence electrons. The van der Waals surface area contributed by atoms with Crippen molar-refractivity contribution in [2.75, 3.05) is 7.05 Å². The minimum atomic E-state index is -0.0701. The predicted octanol–water partition coefficient (Wildman–Crippen LogP) is 4.57. The van der Waals surface area contributed by atoms with Crippen LogP contribution in [0.3, 0.4) is 0 Å².